The van der Waals surface area contributed by atoms with Crippen LogP contribution in [0.5, 0.6) is 0 Å². The highest BCUT2D eigenvalue weighted by atomic mass is 16.7. The van der Waals surface area contributed by atoms with Crippen molar-refractivity contribution in [3.8, 4) is 0 Å². The van der Waals surface area contributed by atoms with Crippen LogP contribution in [-0.2, 0) is 33.3 Å². The number of cyclic esters (lactones) is 1. The van der Waals surface area contributed by atoms with Gasteiger partial charge in [-0.2, -0.15) is 0 Å². The standard InChI is InChI=1S/C37H57NO10/c1-12-28-36(7,43)19-21(2)29(39)22(3)20-37(8,44-11)32(24(5)30(40)25(6)33(41)46-28)48-35-31(27(38(9)10)18-23(4)45-35)47-34(42)26-16-14-13-15-17-26/h13-17,19,22-25,27-28,30-32,35,40,43H,12,18,20H2,1-11H3/b21-19-/t22-,23-,24+,25-,27+,28-,30+,31-,32-,35?,36+,37-/m1/s1. The van der Waals surface area contributed by atoms with Crippen LogP contribution in [0.25, 0.3) is 0 Å². The minimum Gasteiger partial charge on any atom is -0.459 e. The van der Waals surface area contributed by atoms with E-state index in [2.05, 4.69) is 0 Å². The van der Waals surface area contributed by atoms with Crippen LogP contribution in [0.3, 0.4) is 0 Å². The molecular weight excluding hydrogens is 618 g/mol. The molecule has 1 unspecified atom stereocenters. The number of carbonyl (C=O) groups excluding carboxylic acids is 3. The van der Waals surface area contributed by atoms with E-state index in [1.807, 2.05) is 32.0 Å². The molecule has 0 bridgehead atoms. The molecule has 270 valence electrons. The van der Waals surface area contributed by atoms with Crippen molar-refractivity contribution in [3.05, 3.63) is 47.5 Å². The lowest BCUT2D eigenvalue weighted by Crippen LogP contribution is -2.60. The average Bonchev–Trinajstić information content (AvgIpc) is 3.04. The Morgan fingerprint density at radius 1 is 1.08 bits per heavy atom. The van der Waals surface area contributed by atoms with Crippen molar-refractivity contribution in [1.29, 1.82) is 0 Å². The van der Waals surface area contributed by atoms with Crippen LogP contribution in [0.15, 0.2) is 42.0 Å². The quantitative estimate of drug-likeness (QED) is 0.399. The summed E-state index contributed by atoms with van der Waals surface area (Å²) in [5.74, 6) is -3.84. The molecule has 0 spiro atoms. The van der Waals surface area contributed by atoms with Gasteiger partial charge in [0.25, 0.3) is 0 Å². The normalized spacial score (nSPS) is 40.0. The molecule has 2 aliphatic rings. The van der Waals surface area contributed by atoms with Gasteiger partial charge in [-0.05, 0) is 91.8 Å². The maximum atomic E-state index is 13.7. The number of ether oxygens (including phenoxy) is 5. The molecule has 11 heteroatoms. The average molecular weight is 676 g/mol. The Kier molecular flexibility index (Phi) is 13.6. The number of benzene rings is 1. The number of carbonyl (C=O) groups is 3. The van der Waals surface area contributed by atoms with E-state index in [9.17, 15) is 24.6 Å². The number of nitrogens with zero attached hydrogens (tertiary/aromatic N) is 1. The van der Waals surface area contributed by atoms with Crippen molar-refractivity contribution in [3.63, 3.8) is 0 Å². The van der Waals surface area contributed by atoms with Gasteiger partial charge in [0.1, 0.15) is 11.7 Å². The summed E-state index contributed by atoms with van der Waals surface area (Å²) in [5, 5.41) is 23.0. The Labute approximate surface area is 285 Å². The number of esters is 2. The predicted octanol–water partition coefficient (Wildman–Crippen LogP) is 4.33. The van der Waals surface area contributed by atoms with Crippen molar-refractivity contribution in [2.24, 2.45) is 17.8 Å². The fourth-order valence-electron chi connectivity index (χ4n) is 7.14. The number of methoxy groups -OCH3 is 1. The summed E-state index contributed by atoms with van der Waals surface area (Å²) in [6.45, 7) is 13.7. The van der Waals surface area contributed by atoms with Gasteiger partial charge in [-0.3, -0.25) is 9.59 Å². The van der Waals surface area contributed by atoms with Crippen molar-refractivity contribution >= 4 is 17.7 Å². The maximum absolute atomic E-state index is 13.7. The molecule has 0 aliphatic carbocycles. The third-order valence-corrected chi connectivity index (χ3v) is 10.1. The van der Waals surface area contributed by atoms with Gasteiger partial charge in [-0.15, -0.1) is 0 Å². The Morgan fingerprint density at radius 2 is 1.71 bits per heavy atom. The van der Waals surface area contributed by atoms with Gasteiger partial charge in [0.05, 0.1) is 41.4 Å². The Balaban J connectivity index is 2.12. The molecule has 0 radical (unpaired) electrons. The second-order valence-corrected chi connectivity index (χ2v) is 14.4. The van der Waals surface area contributed by atoms with Crippen LogP contribution in [0.1, 0.15) is 85.0 Å². The highest BCUT2D eigenvalue weighted by Crippen LogP contribution is 2.39. The largest absolute Gasteiger partial charge is 0.459 e. The van der Waals surface area contributed by atoms with Crippen molar-refractivity contribution in [2.45, 2.75) is 129 Å². The number of aliphatic hydroxyl groups is 2. The molecule has 1 saturated heterocycles. The highest BCUT2D eigenvalue weighted by molar-refractivity contribution is 5.96. The van der Waals surface area contributed by atoms with Crippen LogP contribution in [0.2, 0.25) is 0 Å². The SMILES string of the molecule is CC[C@H]1OC(=O)[C@H](C)[C@@H](O)[C@H](C)[C@@H](OC2O[C@H](C)C[C@H](N(C)C)[C@H]2OC(=O)c2ccccc2)[C@](C)(OC)C[C@@H](C)C(=O)/C(C)=C\[C@]1(C)O. The molecule has 11 nitrogen and oxygen atoms in total. The first-order chi connectivity index (χ1) is 22.4. The van der Waals surface area contributed by atoms with Crippen LogP contribution in [0.4, 0.5) is 0 Å². The van der Waals surface area contributed by atoms with E-state index in [0.29, 0.717) is 17.6 Å². The Hall–Kier alpha value is -2.67. The molecule has 12 atom stereocenters. The highest BCUT2D eigenvalue weighted by Gasteiger charge is 2.51. The lowest BCUT2D eigenvalue weighted by Gasteiger charge is -2.48. The number of likely N-dealkylation sites (N-methyl/N-ethyl adjacent to an activating group) is 1. The van der Waals surface area contributed by atoms with E-state index in [4.69, 9.17) is 23.7 Å². The van der Waals surface area contributed by atoms with Gasteiger partial charge < -0.3 is 38.8 Å². The molecule has 48 heavy (non-hydrogen) atoms. The van der Waals surface area contributed by atoms with Crippen LogP contribution >= 0.6 is 0 Å². The van der Waals surface area contributed by atoms with Crippen molar-refractivity contribution < 1.29 is 48.3 Å². The molecule has 1 fully saturated rings. The van der Waals surface area contributed by atoms with E-state index in [1.165, 1.54) is 20.1 Å². The second kappa shape index (κ2) is 16.4. The summed E-state index contributed by atoms with van der Waals surface area (Å²) in [5.41, 5.74) is -2.13. The zero-order valence-corrected chi connectivity index (χ0v) is 30.5. The number of ketones is 1. The first-order valence-electron chi connectivity index (χ1n) is 17.0. The van der Waals surface area contributed by atoms with E-state index in [1.54, 1.807) is 65.8 Å². The van der Waals surface area contributed by atoms with E-state index >= 15 is 0 Å². The molecule has 2 heterocycles. The fourth-order valence-corrected chi connectivity index (χ4v) is 7.14. The summed E-state index contributed by atoms with van der Waals surface area (Å²) in [4.78, 5) is 42.5. The van der Waals surface area contributed by atoms with Crippen LogP contribution < -0.4 is 0 Å². The van der Waals surface area contributed by atoms with Gasteiger partial charge >= 0.3 is 11.9 Å². The number of rotatable bonds is 7. The molecule has 0 aromatic heterocycles. The maximum Gasteiger partial charge on any atom is 0.338 e. The predicted molar refractivity (Wildman–Crippen MR) is 180 cm³/mol. The Bertz CT molecular complexity index is 1280. The molecule has 0 saturated carbocycles. The van der Waals surface area contributed by atoms with Gasteiger partial charge in [-0.1, -0.05) is 39.0 Å². The number of allylic oxidation sites excluding steroid dienone is 1. The lowest BCUT2D eigenvalue weighted by atomic mass is 9.76. The van der Waals surface area contributed by atoms with Crippen LogP contribution in [-0.4, -0.2) is 108 Å². The lowest BCUT2D eigenvalue weighted by molar-refractivity contribution is -0.300. The molecule has 0 amide bonds. The number of Topliss-reactive ketones (excluding diaryl/α,β-unsaturated/α-hetero) is 1. The van der Waals surface area contributed by atoms with Gasteiger partial charge in [0.15, 0.2) is 18.2 Å². The zero-order valence-electron chi connectivity index (χ0n) is 30.5. The monoisotopic (exact) mass is 675 g/mol. The van der Waals surface area contributed by atoms with Gasteiger partial charge in [-0.25, -0.2) is 4.79 Å². The molecule has 2 aliphatic heterocycles. The molecule has 2 N–H and O–H groups in total. The van der Waals surface area contributed by atoms with Gasteiger partial charge in [0, 0.05) is 18.9 Å². The summed E-state index contributed by atoms with van der Waals surface area (Å²) in [6, 6.07) is 8.39. The third kappa shape index (κ3) is 9.11. The zero-order chi connectivity index (χ0) is 36.1. The number of aliphatic hydroxyl groups excluding tert-OH is 1. The van der Waals surface area contributed by atoms with Gasteiger partial charge in [0.2, 0.25) is 0 Å². The first-order valence-corrected chi connectivity index (χ1v) is 17.0. The number of hydrogen-bond donors (Lipinski definition) is 2. The topological polar surface area (TPSA) is 141 Å². The fraction of sp³-hybridized carbons (Fsp3) is 0.703. The summed E-state index contributed by atoms with van der Waals surface area (Å²) in [7, 11) is 5.30. The summed E-state index contributed by atoms with van der Waals surface area (Å²) < 4.78 is 31.2. The van der Waals surface area contributed by atoms with Crippen LogP contribution in [0, 0.1) is 17.8 Å². The summed E-state index contributed by atoms with van der Waals surface area (Å²) in [6.07, 6.45) is -2.99. The minimum absolute atomic E-state index is 0.168. The van der Waals surface area contributed by atoms with E-state index in [-0.39, 0.29) is 30.8 Å². The molecule has 1 aromatic carbocycles. The number of hydrogen-bond acceptors (Lipinski definition) is 11. The van der Waals surface area contributed by atoms with Crippen molar-refractivity contribution in [1.82, 2.24) is 4.90 Å². The third-order valence-electron chi connectivity index (χ3n) is 10.1. The molecular formula is C37H57NO10. The second-order valence-electron chi connectivity index (χ2n) is 14.4. The summed E-state index contributed by atoms with van der Waals surface area (Å²) >= 11 is 0. The first kappa shape index (κ1) is 39.8. The van der Waals surface area contributed by atoms with E-state index in [0.717, 1.165) is 0 Å². The van der Waals surface area contributed by atoms with E-state index < -0.39 is 71.6 Å². The molecule has 3 rings (SSSR count). The molecule has 1 aromatic rings. The minimum atomic E-state index is -1.62. The smallest absolute Gasteiger partial charge is 0.338 e. The Morgan fingerprint density at radius 3 is 2.27 bits per heavy atom. The van der Waals surface area contributed by atoms with Crippen molar-refractivity contribution in [2.75, 3.05) is 21.2 Å².